The number of nitrogens with zero attached hydrogens (tertiary/aromatic N) is 3. The second-order valence-corrected chi connectivity index (χ2v) is 6.11. The SMILES string of the molecule is CCc1cc(CN)cc(N2CCN(CC3CC3)CC2)n1. The van der Waals surface area contributed by atoms with Crippen molar-refractivity contribution < 1.29 is 0 Å². The van der Waals surface area contributed by atoms with Crippen LogP contribution < -0.4 is 10.6 Å². The largest absolute Gasteiger partial charge is 0.354 e. The molecule has 2 heterocycles. The summed E-state index contributed by atoms with van der Waals surface area (Å²) in [5.74, 6) is 2.11. The topological polar surface area (TPSA) is 45.4 Å². The first-order valence-electron chi connectivity index (χ1n) is 7.95. The quantitative estimate of drug-likeness (QED) is 0.886. The van der Waals surface area contributed by atoms with E-state index in [0.29, 0.717) is 6.54 Å². The van der Waals surface area contributed by atoms with Crippen molar-refractivity contribution in [2.75, 3.05) is 37.6 Å². The second kappa shape index (κ2) is 6.10. The molecule has 4 nitrogen and oxygen atoms in total. The molecular weight excluding hydrogens is 248 g/mol. The first-order valence-corrected chi connectivity index (χ1v) is 7.95. The molecule has 1 saturated heterocycles. The molecule has 0 bridgehead atoms. The van der Waals surface area contributed by atoms with Crippen LogP contribution in [0.15, 0.2) is 12.1 Å². The van der Waals surface area contributed by atoms with Crippen LogP contribution in [0.3, 0.4) is 0 Å². The Balaban J connectivity index is 1.64. The highest BCUT2D eigenvalue weighted by atomic mass is 15.3. The number of hydrogen-bond acceptors (Lipinski definition) is 4. The van der Waals surface area contributed by atoms with Crippen molar-refractivity contribution in [1.29, 1.82) is 0 Å². The molecule has 0 atom stereocenters. The van der Waals surface area contributed by atoms with Crippen molar-refractivity contribution >= 4 is 5.82 Å². The number of aromatic nitrogens is 1. The summed E-state index contributed by atoms with van der Waals surface area (Å²) < 4.78 is 0. The third-order valence-electron chi connectivity index (χ3n) is 4.43. The zero-order valence-electron chi connectivity index (χ0n) is 12.5. The lowest BCUT2D eigenvalue weighted by Gasteiger charge is -2.35. The van der Waals surface area contributed by atoms with E-state index in [1.165, 1.54) is 38.0 Å². The van der Waals surface area contributed by atoms with Crippen LogP contribution in [0.1, 0.15) is 31.0 Å². The maximum Gasteiger partial charge on any atom is 0.129 e. The third kappa shape index (κ3) is 3.30. The van der Waals surface area contributed by atoms with Gasteiger partial charge in [0.15, 0.2) is 0 Å². The number of rotatable bonds is 5. The van der Waals surface area contributed by atoms with Crippen molar-refractivity contribution in [2.45, 2.75) is 32.7 Å². The van der Waals surface area contributed by atoms with Gasteiger partial charge in [-0.05, 0) is 42.9 Å². The zero-order valence-corrected chi connectivity index (χ0v) is 12.5. The van der Waals surface area contributed by atoms with Gasteiger partial charge in [-0.15, -0.1) is 0 Å². The number of aryl methyl sites for hydroxylation is 1. The van der Waals surface area contributed by atoms with Gasteiger partial charge in [0.2, 0.25) is 0 Å². The van der Waals surface area contributed by atoms with Gasteiger partial charge in [-0.3, -0.25) is 4.90 Å². The number of pyridine rings is 1. The number of hydrogen-bond donors (Lipinski definition) is 1. The lowest BCUT2D eigenvalue weighted by molar-refractivity contribution is 0.247. The summed E-state index contributed by atoms with van der Waals surface area (Å²) in [4.78, 5) is 9.80. The highest BCUT2D eigenvalue weighted by Gasteiger charge is 2.26. The molecule has 1 aliphatic carbocycles. The molecule has 1 saturated carbocycles. The Morgan fingerprint density at radius 2 is 1.95 bits per heavy atom. The van der Waals surface area contributed by atoms with Crippen LogP contribution in [0.25, 0.3) is 0 Å². The highest BCUT2D eigenvalue weighted by Crippen LogP contribution is 2.30. The van der Waals surface area contributed by atoms with Gasteiger partial charge in [0.05, 0.1) is 0 Å². The Hall–Kier alpha value is -1.13. The van der Waals surface area contributed by atoms with Gasteiger partial charge in [-0.1, -0.05) is 6.92 Å². The molecule has 0 aromatic carbocycles. The molecule has 110 valence electrons. The second-order valence-electron chi connectivity index (χ2n) is 6.11. The van der Waals surface area contributed by atoms with Crippen LogP contribution in [0.4, 0.5) is 5.82 Å². The third-order valence-corrected chi connectivity index (χ3v) is 4.43. The smallest absolute Gasteiger partial charge is 0.129 e. The van der Waals surface area contributed by atoms with Crippen LogP contribution in [-0.2, 0) is 13.0 Å². The van der Waals surface area contributed by atoms with Gasteiger partial charge in [-0.2, -0.15) is 0 Å². The number of anilines is 1. The maximum atomic E-state index is 5.80. The van der Waals surface area contributed by atoms with Crippen LogP contribution in [0.2, 0.25) is 0 Å². The molecule has 0 radical (unpaired) electrons. The van der Waals surface area contributed by atoms with E-state index in [4.69, 9.17) is 10.7 Å². The van der Waals surface area contributed by atoms with Crippen molar-refractivity contribution in [3.63, 3.8) is 0 Å². The minimum Gasteiger partial charge on any atom is -0.354 e. The molecule has 2 N–H and O–H groups in total. The molecule has 0 spiro atoms. The Morgan fingerprint density at radius 1 is 1.20 bits per heavy atom. The molecule has 3 rings (SSSR count). The molecule has 2 fully saturated rings. The van der Waals surface area contributed by atoms with E-state index in [-0.39, 0.29) is 0 Å². The molecule has 20 heavy (non-hydrogen) atoms. The van der Waals surface area contributed by atoms with E-state index in [1.54, 1.807) is 0 Å². The van der Waals surface area contributed by atoms with Crippen molar-refractivity contribution in [3.8, 4) is 0 Å². The number of piperazine rings is 1. The standard InChI is InChI=1S/C16H26N4/c1-2-15-9-14(11-17)10-16(18-15)20-7-5-19(6-8-20)12-13-3-4-13/h9-10,13H,2-8,11-12,17H2,1H3. The fourth-order valence-corrected chi connectivity index (χ4v) is 2.92. The molecule has 2 aliphatic rings. The van der Waals surface area contributed by atoms with Crippen molar-refractivity contribution in [3.05, 3.63) is 23.4 Å². The summed E-state index contributed by atoms with van der Waals surface area (Å²) in [5, 5.41) is 0. The summed E-state index contributed by atoms with van der Waals surface area (Å²) in [5.41, 5.74) is 8.16. The fourth-order valence-electron chi connectivity index (χ4n) is 2.92. The molecule has 0 amide bonds. The van der Waals surface area contributed by atoms with E-state index in [9.17, 15) is 0 Å². The van der Waals surface area contributed by atoms with Crippen molar-refractivity contribution in [2.24, 2.45) is 11.7 Å². The fraction of sp³-hybridized carbons (Fsp3) is 0.688. The molecular formula is C16H26N4. The minimum atomic E-state index is 0.601. The zero-order chi connectivity index (χ0) is 13.9. The lowest BCUT2D eigenvalue weighted by Crippen LogP contribution is -2.47. The molecule has 1 aliphatic heterocycles. The molecule has 1 aromatic heterocycles. The van der Waals surface area contributed by atoms with Gasteiger partial charge < -0.3 is 10.6 Å². The van der Waals surface area contributed by atoms with Crippen molar-refractivity contribution in [1.82, 2.24) is 9.88 Å². The summed E-state index contributed by atoms with van der Waals surface area (Å²) in [7, 11) is 0. The lowest BCUT2D eigenvalue weighted by atomic mass is 10.2. The minimum absolute atomic E-state index is 0.601. The Kier molecular flexibility index (Phi) is 4.22. The van der Waals surface area contributed by atoms with Gasteiger partial charge in [0, 0.05) is 45.0 Å². The van der Waals surface area contributed by atoms with Crippen LogP contribution in [0, 0.1) is 5.92 Å². The van der Waals surface area contributed by atoms with Crippen LogP contribution in [0.5, 0.6) is 0 Å². The highest BCUT2D eigenvalue weighted by molar-refractivity contribution is 5.43. The molecule has 4 heteroatoms. The average molecular weight is 274 g/mol. The van der Waals surface area contributed by atoms with Crippen LogP contribution in [-0.4, -0.2) is 42.6 Å². The first-order chi connectivity index (χ1) is 9.78. The van der Waals surface area contributed by atoms with E-state index in [0.717, 1.165) is 36.9 Å². The Morgan fingerprint density at radius 3 is 2.55 bits per heavy atom. The van der Waals surface area contributed by atoms with Gasteiger partial charge >= 0.3 is 0 Å². The van der Waals surface area contributed by atoms with E-state index >= 15 is 0 Å². The summed E-state index contributed by atoms with van der Waals surface area (Å²) in [6.07, 6.45) is 3.86. The van der Waals surface area contributed by atoms with E-state index in [1.807, 2.05) is 0 Å². The summed E-state index contributed by atoms with van der Waals surface area (Å²) in [6.45, 7) is 8.60. The van der Waals surface area contributed by atoms with Gasteiger partial charge in [0.1, 0.15) is 5.82 Å². The predicted molar refractivity (Wildman–Crippen MR) is 82.9 cm³/mol. The number of nitrogens with two attached hydrogens (primary N) is 1. The maximum absolute atomic E-state index is 5.80. The monoisotopic (exact) mass is 274 g/mol. The Bertz CT molecular complexity index is 426. The first kappa shape index (κ1) is 13.8. The summed E-state index contributed by atoms with van der Waals surface area (Å²) >= 11 is 0. The van der Waals surface area contributed by atoms with E-state index < -0.39 is 0 Å². The molecule has 0 unspecified atom stereocenters. The van der Waals surface area contributed by atoms with Crippen LogP contribution >= 0.6 is 0 Å². The van der Waals surface area contributed by atoms with Gasteiger partial charge in [-0.25, -0.2) is 4.98 Å². The average Bonchev–Trinajstić information content (AvgIpc) is 3.31. The van der Waals surface area contributed by atoms with Gasteiger partial charge in [0.25, 0.3) is 0 Å². The van der Waals surface area contributed by atoms with E-state index in [2.05, 4.69) is 28.9 Å². The summed E-state index contributed by atoms with van der Waals surface area (Å²) in [6, 6.07) is 4.29. The molecule has 1 aromatic rings. The normalized spacial score (nSPS) is 20.4. The predicted octanol–water partition coefficient (Wildman–Crippen LogP) is 1.63. The Labute approximate surface area is 122 Å².